The van der Waals surface area contributed by atoms with Gasteiger partial charge in [-0.15, -0.1) is 6.42 Å². The van der Waals surface area contributed by atoms with Crippen molar-refractivity contribution in [2.24, 2.45) is 0 Å². The first-order valence-corrected chi connectivity index (χ1v) is 11.9. The van der Waals surface area contributed by atoms with Gasteiger partial charge in [-0.2, -0.15) is 5.10 Å². The van der Waals surface area contributed by atoms with Gasteiger partial charge in [0.2, 0.25) is 0 Å². The molecule has 0 unspecified atom stereocenters. The zero-order valence-electron chi connectivity index (χ0n) is 19.4. The number of rotatable bonds is 6. The van der Waals surface area contributed by atoms with Crippen LogP contribution in [-0.2, 0) is 6.54 Å². The Morgan fingerprint density at radius 2 is 2.00 bits per heavy atom. The van der Waals surface area contributed by atoms with E-state index in [0.29, 0.717) is 25.3 Å². The third-order valence-electron chi connectivity index (χ3n) is 6.80. The highest BCUT2D eigenvalue weighted by Crippen LogP contribution is 2.29. The molecule has 1 aromatic carbocycles. The first-order valence-electron chi connectivity index (χ1n) is 11.9. The summed E-state index contributed by atoms with van der Waals surface area (Å²) in [5.74, 6) is -0.155. The standard InChI is InChI=1S/C26H28F2N6O/c1-2-8-33-9-5-21(6-10-33)30-25(35)24-22-13-19(3-4-23(22)31-32-24)20-12-18(14-29-15-20)16-34-11-7-26(27,28)17-34/h1,3-4,12-15,21H,5-11,16-17H2,(H,30,35)(H,31,32). The normalized spacial score (nSPS) is 19.1. The van der Waals surface area contributed by atoms with Crippen molar-refractivity contribution in [2.75, 3.05) is 32.7 Å². The maximum absolute atomic E-state index is 13.6. The van der Waals surface area contributed by atoms with Gasteiger partial charge in [-0.05, 0) is 42.2 Å². The number of alkyl halides is 2. The van der Waals surface area contributed by atoms with Crippen molar-refractivity contribution < 1.29 is 13.6 Å². The molecular formula is C26H28F2N6O. The largest absolute Gasteiger partial charge is 0.348 e. The van der Waals surface area contributed by atoms with Crippen molar-refractivity contribution in [3.8, 4) is 23.5 Å². The number of nitrogens with one attached hydrogen (secondary N) is 2. The SMILES string of the molecule is C#CCN1CCC(NC(=O)c2n[nH]c3ccc(-c4cncc(CN5CCC(F)(F)C5)c4)cc23)CC1. The number of aromatic amines is 1. The second kappa shape index (κ2) is 9.72. The summed E-state index contributed by atoms with van der Waals surface area (Å²) in [6.07, 6.45) is 10.4. The fourth-order valence-electron chi connectivity index (χ4n) is 4.92. The van der Waals surface area contributed by atoms with Gasteiger partial charge in [0.1, 0.15) is 0 Å². The molecule has 0 aliphatic carbocycles. The van der Waals surface area contributed by atoms with Gasteiger partial charge in [0.25, 0.3) is 11.8 Å². The number of hydrogen-bond donors (Lipinski definition) is 2. The summed E-state index contributed by atoms with van der Waals surface area (Å²) >= 11 is 0. The quantitative estimate of drug-likeness (QED) is 0.532. The number of carbonyl (C=O) groups is 1. The molecule has 182 valence electrons. The molecule has 0 bridgehead atoms. The number of halogens is 2. The monoisotopic (exact) mass is 478 g/mol. The minimum Gasteiger partial charge on any atom is -0.348 e. The lowest BCUT2D eigenvalue weighted by molar-refractivity contribution is 0.0115. The van der Waals surface area contributed by atoms with Crippen molar-refractivity contribution in [1.82, 2.24) is 30.3 Å². The number of likely N-dealkylation sites (tertiary alicyclic amines) is 2. The predicted molar refractivity (Wildman–Crippen MR) is 130 cm³/mol. The highest BCUT2D eigenvalue weighted by Gasteiger charge is 2.37. The molecule has 2 aromatic heterocycles. The smallest absolute Gasteiger partial charge is 0.272 e. The van der Waals surface area contributed by atoms with Crippen LogP contribution in [0.5, 0.6) is 0 Å². The summed E-state index contributed by atoms with van der Waals surface area (Å²) in [6.45, 7) is 2.93. The number of piperidine rings is 1. The Balaban J connectivity index is 1.31. The number of pyridine rings is 1. The number of hydrogen-bond acceptors (Lipinski definition) is 5. The van der Waals surface area contributed by atoms with Crippen LogP contribution in [0.15, 0.2) is 36.7 Å². The van der Waals surface area contributed by atoms with Crippen LogP contribution in [0.25, 0.3) is 22.0 Å². The second-order valence-corrected chi connectivity index (χ2v) is 9.46. The fourth-order valence-corrected chi connectivity index (χ4v) is 4.92. The van der Waals surface area contributed by atoms with E-state index in [0.717, 1.165) is 53.5 Å². The van der Waals surface area contributed by atoms with E-state index in [4.69, 9.17) is 6.42 Å². The number of nitrogens with zero attached hydrogens (tertiary/aromatic N) is 4. The Hall–Kier alpha value is -3.35. The Morgan fingerprint density at radius 1 is 1.17 bits per heavy atom. The third kappa shape index (κ3) is 5.34. The van der Waals surface area contributed by atoms with Crippen LogP contribution in [0.2, 0.25) is 0 Å². The summed E-state index contributed by atoms with van der Waals surface area (Å²) in [4.78, 5) is 21.3. The lowest BCUT2D eigenvalue weighted by Gasteiger charge is -2.30. The molecule has 2 fully saturated rings. The van der Waals surface area contributed by atoms with Crippen LogP contribution < -0.4 is 5.32 Å². The highest BCUT2D eigenvalue weighted by molar-refractivity contribution is 6.05. The van der Waals surface area contributed by atoms with Crippen LogP contribution in [0.4, 0.5) is 8.78 Å². The first-order chi connectivity index (χ1) is 16.9. The number of aromatic nitrogens is 3. The van der Waals surface area contributed by atoms with Crippen LogP contribution >= 0.6 is 0 Å². The zero-order chi connectivity index (χ0) is 24.4. The number of H-pyrrole nitrogens is 1. The van der Waals surface area contributed by atoms with Crippen LogP contribution in [0.3, 0.4) is 0 Å². The summed E-state index contributed by atoms with van der Waals surface area (Å²) in [5, 5.41) is 11.1. The number of fused-ring (bicyclic) bond motifs is 1. The number of amides is 1. The molecule has 0 spiro atoms. The Kier molecular flexibility index (Phi) is 6.50. The molecule has 2 aliphatic heterocycles. The molecule has 4 heterocycles. The minimum atomic E-state index is -2.62. The Labute approximate surface area is 202 Å². The minimum absolute atomic E-state index is 0.0882. The summed E-state index contributed by atoms with van der Waals surface area (Å²) in [5.41, 5.74) is 3.75. The van der Waals surface area contributed by atoms with E-state index < -0.39 is 5.92 Å². The number of terminal acetylenes is 1. The average Bonchev–Trinajstić information content (AvgIpc) is 3.42. The van der Waals surface area contributed by atoms with Crippen LogP contribution in [0.1, 0.15) is 35.3 Å². The molecule has 1 amide bonds. The summed E-state index contributed by atoms with van der Waals surface area (Å²) in [7, 11) is 0. The molecule has 2 N–H and O–H groups in total. The van der Waals surface area contributed by atoms with Gasteiger partial charge in [-0.25, -0.2) is 8.78 Å². The number of benzene rings is 1. The lowest BCUT2D eigenvalue weighted by Crippen LogP contribution is -2.44. The van der Waals surface area contributed by atoms with Crippen LogP contribution in [0, 0.1) is 12.3 Å². The van der Waals surface area contributed by atoms with Crippen molar-refractivity contribution in [3.63, 3.8) is 0 Å². The third-order valence-corrected chi connectivity index (χ3v) is 6.80. The van der Waals surface area contributed by atoms with E-state index in [-0.39, 0.29) is 24.9 Å². The van der Waals surface area contributed by atoms with Gasteiger partial charge in [0.15, 0.2) is 5.69 Å². The van der Waals surface area contributed by atoms with Crippen molar-refractivity contribution >= 4 is 16.8 Å². The van der Waals surface area contributed by atoms with Gasteiger partial charge in [0.05, 0.1) is 18.6 Å². The second-order valence-electron chi connectivity index (χ2n) is 9.46. The fraction of sp³-hybridized carbons (Fsp3) is 0.423. The maximum atomic E-state index is 13.6. The van der Waals surface area contributed by atoms with E-state index in [9.17, 15) is 13.6 Å². The molecule has 0 atom stereocenters. The van der Waals surface area contributed by atoms with Crippen molar-refractivity contribution in [2.45, 2.75) is 37.8 Å². The van der Waals surface area contributed by atoms with Gasteiger partial charge in [-0.3, -0.25) is 24.7 Å². The first kappa shape index (κ1) is 23.4. The van der Waals surface area contributed by atoms with Crippen LogP contribution in [-0.4, -0.2) is 75.6 Å². The zero-order valence-corrected chi connectivity index (χ0v) is 19.4. The molecule has 2 aliphatic rings. The van der Waals surface area contributed by atoms with Gasteiger partial charge < -0.3 is 5.32 Å². The van der Waals surface area contributed by atoms with E-state index in [2.05, 4.69) is 31.3 Å². The molecular weight excluding hydrogens is 450 g/mol. The number of carbonyl (C=O) groups excluding carboxylic acids is 1. The Morgan fingerprint density at radius 3 is 2.74 bits per heavy atom. The lowest BCUT2D eigenvalue weighted by atomic mass is 10.0. The maximum Gasteiger partial charge on any atom is 0.272 e. The van der Waals surface area contributed by atoms with E-state index in [1.807, 2.05) is 24.3 Å². The van der Waals surface area contributed by atoms with Crippen molar-refractivity contribution in [1.29, 1.82) is 0 Å². The molecule has 0 saturated carbocycles. The van der Waals surface area contributed by atoms with E-state index in [1.165, 1.54) is 0 Å². The Bertz CT molecular complexity index is 1260. The predicted octanol–water partition coefficient (Wildman–Crippen LogP) is 3.29. The van der Waals surface area contributed by atoms with Crippen molar-refractivity contribution in [3.05, 3.63) is 47.9 Å². The summed E-state index contributed by atoms with van der Waals surface area (Å²) in [6, 6.07) is 7.81. The highest BCUT2D eigenvalue weighted by atomic mass is 19.3. The molecule has 3 aromatic rings. The molecule has 5 rings (SSSR count). The van der Waals surface area contributed by atoms with E-state index >= 15 is 0 Å². The van der Waals surface area contributed by atoms with Gasteiger partial charge in [-0.1, -0.05) is 12.0 Å². The van der Waals surface area contributed by atoms with Gasteiger partial charge >= 0.3 is 0 Å². The van der Waals surface area contributed by atoms with Gasteiger partial charge in [0, 0.05) is 62.0 Å². The molecule has 9 heteroatoms. The van der Waals surface area contributed by atoms with E-state index in [1.54, 1.807) is 17.3 Å². The topological polar surface area (TPSA) is 77.1 Å². The molecule has 35 heavy (non-hydrogen) atoms. The molecule has 7 nitrogen and oxygen atoms in total. The molecule has 2 saturated heterocycles. The summed E-state index contributed by atoms with van der Waals surface area (Å²) < 4.78 is 27.1. The molecule has 0 radical (unpaired) electrons. The average molecular weight is 479 g/mol.